The van der Waals surface area contributed by atoms with Crippen LogP contribution >= 0.6 is 0 Å². The molecular weight excluding hydrogens is 112 g/mol. The molecule has 0 aromatic carbocycles. The van der Waals surface area contributed by atoms with Crippen LogP contribution in [0.3, 0.4) is 0 Å². The number of ketones is 1. The highest BCUT2D eigenvalue weighted by Crippen LogP contribution is 2.53. The first kappa shape index (κ1) is 5.45. The van der Waals surface area contributed by atoms with Crippen molar-refractivity contribution in [3.63, 3.8) is 0 Å². The fourth-order valence-electron chi connectivity index (χ4n) is 2.49. The number of hydrogen-bond acceptors (Lipinski definition) is 1. The third-order valence-corrected chi connectivity index (χ3v) is 2.70. The average Bonchev–Trinajstić information content (AvgIpc) is 1.58. The monoisotopic (exact) mass is 124 g/mol. The van der Waals surface area contributed by atoms with Crippen LogP contribution in [0, 0.1) is 11.3 Å². The fourth-order valence-corrected chi connectivity index (χ4v) is 2.49. The summed E-state index contributed by atoms with van der Waals surface area (Å²) in [4.78, 5) is 10.9. The number of carbonyl (C=O) groups excluding carboxylic acids is 1. The van der Waals surface area contributed by atoms with E-state index in [1.807, 2.05) is 0 Å². The van der Waals surface area contributed by atoms with Gasteiger partial charge in [-0.3, -0.25) is 4.79 Å². The van der Waals surface area contributed by atoms with Gasteiger partial charge in [0.25, 0.3) is 0 Å². The van der Waals surface area contributed by atoms with Gasteiger partial charge in [-0.15, -0.1) is 0 Å². The molecule has 3 rings (SSSR count). The van der Waals surface area contributed by atoms with Crippen LogP contribution in [0.15, 0.2) is 0 Å². The van der Waals surface area contributed by atoms with Crippen LogP contribution in [0.25, 0.3) is 0 Å². The number of Topliss-reactive ketones (excluding diaryl/α,β-unsaturated/α-hetero) is 1. The van der Waals surface area contributed by atoms with Crippen LogP contribution in [-0.2, 0) is 4.79 Å². The Kier molecular flexibility index (Phi) is 0.842. The van der Waals surface area contributed by atoms with E-state index in [-0.39, 0.29) is 0 Å². The minimum absolute atomic E-state index is 0.444. The molecule has 3 aliphatic carbocycles. The van der Waals surface area contributed by atoms with Gasteiger partial charge in [-0.05, 0) is 24.2 Å². The topological polar surface area (TPSA) is 17.1 Å². The first-order valence-electron chi connectivity index (χ1n) is 3.70. The van der Waals surface area contributed by atoms with Crippen LogP contribution in [0.2, 0.25) is 0 Å². The van der Waals surface area contributed by atoms with E-state index in [1.165, 1.54) is 12.8 Å². The standard InChI is InChI=1S/C8H12O/c1-8-3-6(4-8)2-7(9)5-8/h6H,2-5H2,1H3. The molecule has 2 bridgehead atoms. The Bertz CT molecular complexity index is 154. The molecule has 3 aliphatic rings. The maximum Gasteiger partial charge on any atom is 0.133 e. The van der Waals surface area contributed by atoms with Crippen LogP contribution in [0.4, 0.5) is 0 Å². The Morgan fingerprint density at radius 3 is 2.56 bits per heavy atom. The molecule has 0 saturated heterocycles. The molecule has 1 heteroatoms. The van der Waals surface area contributed by atoms with Crippen molar-refractivity contribution in [2.24, 2.45) is 11.3 Å². The summed E-state index contributed by atoms with van der Waals surface area (Å²) in [6.45, 7) is 2.24. The lowest BCUT2D eigenvalue weighted by Crippen LogP contribution is -2.42. The van der Waals surface area contributed by atoms with Gasteiger partial charge in [0.2, 0.25) is 0 Å². The molecule has 0 heterocycles. The summed E-state index contributed by atoms with van der Waals surface area (Å²) in [5.41, 5.74) is 0.444. The smallest absolute Gasteiger partial charge is 0.133 e. The second kappa shape index (κ2) is 1.39. The summed E-state index contributed by atoms with van der Waals surface area (Å²) in [6, 6.07) is 0. The summed E-state index contributed by atoms with van der Waals surface area (Å²) >= 11 is 0. The minimum Gasteiger partial charge on any atom is -0.300 e. The van der Waals surface area contributed by atoms with Crippen molar-refractivity contribution >= 4 is 5.78 Å². The van der Waals surface area contributed by atoms with Gasteiger partial charge in [0.05, 0.1) is 0 Å². The lowest BCUT2D eigenvalue weighted by molar-refractivity contribution is -0.132. The van der Waals surface area contributed by atoms with E-state index in [4.69, 9.17) is 0 Å². The van der Waals surface area contributed by atoms with Crippen molar-refractivity contribution in [1.29, 1.82) is 0 Å². The predicted octanol–water partition coefficient (Wildman–Crippen LogP) is 1.77. The molecule has 1 nitrogen and oxygen atoms in total. The van der Waals surface area contributed by atoms with E-state index in [2.05, 4.69) is 6.92 Å². The van der Waals surface area contributed by atoms with Gasteiger partial charge in [-0.2, -0.15) is 0 Å². The van der Waals surface area contributed by atoms with Crippen LogP contribution in [0.5, 0.6) is 0 Å². The van der Waals surface area contributed by atoms with E-state index in [0.29, 0.717) is 11.2 Å². The third kappa shape index (κ3) is 0.707. The Morgan fingerprint density at radius 2 is 2.22 bits per heavy atom. The summed E-state index contributed by atoms with van der Waals surface area (Å²) < 4.78 is 0. The Hall–Kier alpha value is -0.330. The van der Waals surface area contributed by atoms with E-state index >= 15 is 0 Å². The van der Waals surface area contributed by atoms with Crippen molar-refractivity contribution in [3.8, 4) is 0 Å². The van der Waals surface area contributed by atoms with Crippen molar-refractivity contribution < 1.29 is 4.79 Å². The van der Waals surface area contributed by atoms with Gasteiger partial charge in [-0.1, -0.05) is 6.92 Å². The molecule has 50 valence electrons. The highest BCUT2D eigenvalue weighted by atomic mass is 16.1. The zero-order valence-electron chi connectivity index (χ0n) is 5.81. The number of hydrogen-bond donors (Lipinski definition) is 0. The van der Waals surface area contributed by atoms with Crippen molar-refractivity contribution in [1.82, 2.24) is 0 Å². The molecule has 0 aromatic heterocycles. The van der Waals surface area contributed by atoms with Gasteiger partial charge in [0.15, 0.2) is 0 Å². The Labute approximate surface area is 55.4 Å². The maximum absolute atomic E-state index is 10.9. The van der Waals surface area contributed by atoms with Gasteiger partial charge in [0, 0.05) is 12.8 Å². The number of carbonyl (C=O) groups is 1. The molecule has 0 aromatic rings. The predicted molar refractivity (Wildman–Crippen MR) is 35.1 cm³/mol. The normalized spacial score (nSPS) is 48.6. The summed E-state index contributed by atoms with van der Waals surface area (Å²) in [5, 5.41) is 0. The van der Waals surface area contributed by atoms with E-state index in [9.17, 15) is 4.79 Å². The van der Waals surface area contributed by atoms with Gasteiger partial charge in [0.1, 0.15) is 5.78 Å². The highest BCUT2D eigenvalue weighted by molar-refractivity contribution is 5.81. The van der Waals surface area contributed by atoms with E-state index in [0.717, 1.165) is 18.8 Å². The van der Waals surface area contributed by atoms with Gasteiger partial charge in [-0.25, -0.2) is 0 Å². The molecule has 9 heavy (non-hydrogen) atoms. The Morgan fingerprint density at radius 1 is 1.56 bits per heavy atom. The SMILES string of the molecule is CC12CC(=O)CC(C1)C2. The summed E-state index contributed by atoms with van der Waals surface area (Å²) in [7, 11) is 0. The van der Waals surface area contributed by atoms with Crippen LogP contribution in [-0.4, -0.2) is 5.78 Å². The van der Waals surface area contributed by atoms with Crippen LogP contribution < -0.4 is 0 Å². The molecular formula is C8H12O. The minimum atomic E-state index is 0.444. The third-order valence-electron chi connectivity index (χ3n) is 2.70. The average molecular weight is 124 g/mol. The molecule has 3 saturated carbocycles. The summed E-state index contributed by atoms with van der Waals surface area (Å²) in [5.74, 6) is 1.27. The lowest BCUT2D eigenvalue weighted by Gasteiger charge is -2.49. The molecule has 0 amide bonds. The highest BCUT2D eigenvalue weighted by Gasteiger charge is 2.46. The van der Waals surface area contributed by atoms with E-state index in [1.54, 1.807) is 0 Å². The molecule has 0 N–H and O–H groups in total. The van der Waals surface area contributed by atoms with E-state index < -0.39 is 0 Å². The number of rotatable bonds is 0. The molecule has 0 atom stereocenters. The van der Waals surface area contributed by atoms with Crippen molar-refractivity contribution in [3.05, 3.63) is 0 Å². The molecule has 0 spiro atoms. The molecule has 3 fully saturated rings. The quantitative estimate of drug-likeness (QED) is 0.481. The zero-order chi connectivity index (χ0) is 6.48. The van der Waals surface area contributed by atoms with Gasteiger partial charge >= 0.3 is 0 Å². The van der Waals surface area contributed by atoms with Crippen LogP contribution in [0.1, 0.15) is 32.6 Å². The Balaban J connectivity index is 2.14. The first-order valence-corrected chi connectivity index (χ1v) is 3.70. The van der Waals surface area contributed by atoms with Crippen molar-refractivity contribution in [2.45, 2.75) is 32.6 Å². The molecule has 0 unspecified atom stereocenters. The van der Waals surface area contributed by atoms with Crippen molar-refractivity contribution in [2.75, 3.05) is 0 Å². The number of fused-ring (bicyclic) bond motifs is 2. The summed E-state index contributed by atoms with van der Waals surface area (Å²) in [6.07, 6.45) is 4.39. The zero-order valence-corrected chi connectivity index (χ0v) is 5.81. The lowest BCUT2D eigenvalue weighted by atomic mass is 9.55. The molecule has 0 radical (unpaired) electrons. The second-order valence-electron chi connectivity index (χ2n) is 4.00. The largest absolute Gasteiger partial charge is 0.300 e. The van der Waals surface area contributed by atoms with Gasteiger partial charge < -0.3 is 0 Å². The maximum atomic E-state index is 10.9. The fraction of sp³-hybridized carbons (Fsp3) is 0.875. The second-order valence-corrected chi connectivity index (χ2v) is 4.00. The first-order chi connectivity index (χ1) is 4.18. The molecule has 0 aliphatic heterocycles.